The number of piperazine rings is 3. The number of amides is 2. The third-order valence-corrected chi connectivity index (χ3v) is 20.7. The zero-order valence-electron chi connectivity index (χ0n) is 47.6. The molecule has 2 aromatic heterocycles. The number of halogens is 1. The lowest BCUT2D eigenvalue weighted by Gasteiger charge is -2.36. The predicted molar refractivity (Wildman–Crippen MR) is 323 cm³/mol. The molecule has 0 saturated carbocycles. The number of aliphatic hydroxyl groups excluding tert-OH is 1. The molecule has 5 saturated heterocycles. The number of carbonyl (C=O) groups is 2. The Balaban J connectivity index is 0.000000149. The number of aromatic nitrogens is 2. The number of pyridine rings is 2. The summed E-state index contributed by atoms with van der Waals surface area (Å²) in [6.45, 7) is 19.4. The van der Waals surface area contributed by atoms with Crippen molar-refractivity contribution in [1.29, 1.82) is 0 Å². The van der Waals surface area contributed by atoms with Gasteiger partial charge in [0.2, 0.25) is 11.8 Å². The van der Waals surface area contributed by atoms with Crippen molar-refractivity contribution in [3.63, 3.8) is 0 Å². The largest absolute Gasteiger partial charge is 0.392 e. The fourth-order valence-electron chi connectivity index (χ4n) is 10.7. The van der Waals surface area contributed by atoms with Gasteiger partial charge >= 0.3 is 0 Å². The van der Waals surface area contributed by atoms with Crippen LogP contribution < -0.4 is 46.2 Å². The smallest absolute Gasteiger partial charge is 0.247 e. The molecule has 0 bridgehead atoms. The van der Waals surface area contributed by atoms with E-state index in [4.69, 9.17) is 5.11 Å². The van der Waals surface area contributed by atoms with Crippen LogP contribution in [0.15, 0.2) is 112 Å². The van der Waals surface area contributed by atoms with E-state index < -0.39 is 35.3 Å². The minimum Gasteiger partial charge on any atom is -0.392 e. The maximum Gasteiger partial charge on any atom is 0.247 e. The summed E-state index contributed by atoms with van der Waals surface area (Å²) in [4.78, 5) is 45.3. The van der Waals surface area contributed by atoms with Gasteiger partial charge in [-0.2, -0.15) is 0 Å². The van der Waals surface area contributed by atoms with Crippen LogP contribution in [0.4, 0.5) is 38.8 Å². The first-order valence-electron chi connectivity index (χ1n) is 28.7. The Bertz CT molecular complexity index is 3300. The van der Waals surface area contributed by atoms with E-state index in [0.29, 0.717) is 9.79 Å². The fourth-order valence-corrected chi connectivity index (χ4v) is 13.3. The van der Waals surface area contributed by atoms with Gasteiger partial charge in [-0.1, -0.05) is 20.8 Å². The highest BCUT2D eigenvalue weighted by molar-refractivity contribution is 7.92. The molecule has 2 atom stereocenters. The summed E-state index contributed by atoms with van der Waals surface area (Å²) in [5.74, 6) is 1.74. The summed E-state index contributed by atoms with van der Waals surface area (Å²) >= 11 is 0. The fraction of sp³-hybridized carbons (Fsp3) is 0.483. The van der Waals surface area contributed by atoms with Crippen LogP contribution >= 0.6 is 0 Å². The SMILES string of the molecule is C1CNCCN1.CCS(=O)(=O)c1ccc(F)cc1.CCS(=O)(=O)c1ccc(N2CCN(Cc3cnc4c(c3)NC(=O)[C@@H]3CCCN43)CC2)cc1.CCS(=O)(=O)c1ccc(N2CCNCC2)cc1.O=C1Nc2cc(CO)cnc2N2CCC[C@@H]12. The van der Waals surface area contributed by atoms with Gasteiger partial charge < -0.3 is 51.3 Å². The molecule has 12 rings (SSSR count). The normalized spacial score (nSPS) is 19.5. The van der Waals surface area contributed by atoms with Crippen molar-refractivity contribution in [1.82, 2.24) is 30.8 Å². The Labute approximate surface area is 488 Å². The maximum absolute atomic E-state index is 12.4. The Morgan fingerprint density at radius 3 is 1.31 bits per heavy atom. The molecule has 83 heavy (non-hydrogen) atoms. The van der Waals surface area contributed by atoms with Crippen molar-refractivity contribution < 1.29 is 44.3 Å². The molecule has 5 aromatic rings. The summed E-state index contributed by atoms with van der Waals surface area (Å²) in [6, 6.07) is 23.0. The quantitative estimate of drug-likeness (QED) is 0.101. The first-order valence-corrected chi connectivity index (χ1v) is 33.6. The van der Waals surface area contributed by atoms with Crippen LogP contribution in [0.1, 0.15) is 57.6 Å². The summed E-state index contributed by atoms with van der Waals surface area (Å²) in [7, 11) is -9.42. The summed E-state index contributed by atoms with van der Waals surface area (Å²) < 4.78 is 82.1. The molecule has 0 spiro atoms. The van der Waals surface area contributed by atoms with Crippen molar-refractivity contribution >= 4 is 75.7 Å². The molecule has 5 fully saturated rings. The van der Waals surface area contributed by atoms with E-state index in [0.717, 1.165) is 181 Å². The second-order valence-electron chi connectivity index (χ2n) is 20.9. The van der Waals surface area contributed by atoms with E-state index in [2.05, 4.69) is 67.1 Å². The number of hydrogen-bond donors (Lipinski definition) is 6. The Hall–Kier alpha value is -6.32. The first kappa shape index (κ1) is 62.7. The minimum atomic E-state index is -3.18. The summed E-state index contributed by atoms with van der Waals surface area (Å²) in [5.41, 5.74) is 5.52. The van der Waals surface area contributed by atoms with E-state index in [1.165, 1.54) is 12.1 Å². The molecule has 25 heteroatoms. The molecule has 2 amide bonds. The highest BCUT2D eigenvalue weighted by Gasteiger charge is 2.38. The van der Waals surface area contributed by atoms with Gasteiger partial charge in [0.05, 0.1) is 49.9 Å². The van der Waals surface area contributed by atoms with Crippen LogP contribution in [-0.4, -0.2) is 178 Å². The molecule has 9 heterocycles. The third kappa shape index (κ3) is 16.3. The zero-order chi connectivity index (χ0) is 59.2. The molecule has 21 nitrogen and oxygen atoms in total. The molecule has 0 radical (unpaired) electrons. The van der Waals surface area contributed by atoms with Crippen LogP contribution in [0, 0.1) is 5.82 Å². The van der Waals surface area contributed by atoms with E-state index in [1.807, 2.05) is 30.5 Å². The molecular formula is C58H79FN12O9S3. The second kappa shape index (κ2) is 29.0. The number of nitrogens with zero attached hydrogens (tertiary/aromatic N) is 7. The van der Waals surface area contributed by atoms with Gasteiger partial charge in [0, 0.05) is 122 Å². The average Bonchev–Trinajstić information content (AvgIpc) is 4.43. The summed E-state index contributed by atoms with van der Waals surface area (Å²) in [6.07, 6.45) is 7.45. The molecular weight excluding hydrogens is 1120 g/mol. The minimum absolute atomic E-state index is 0.0403. The number of fused-ring (bicyclic) bond motifs is 6. The number of carbonyl (C=O) groups excluding carboxylic acids is 2. The van der Waals surface area contributed by atoms with Crippen LogP contribution in [0.25, 0.3) is 0 Å². The van der Waals surface area contributed by atoms with Crippen molar-refractivity contribution in [3.8, 4) is 0 Å². The molecule has 0 aliphatic carbocycles. The topological polar surface area (TPSA) is 259 Å². The predicted octanol–water partition coefficient (Wildman–Crippen LogP) is 4.30. The maximum atomic E-state index is 12.4. The lowest BCUT2D eigenvalue weighted by atomic mass is 10.1. The number of aliphatic hydroxyl groups is 1. The number of nitrogens with one attached hydrogen (secondary N) is 5. The van der Waals surface area contributed by atoms with Gasteiger partial charge in [-0.3, -0.25) is 14.5 Å². The van der Waals surface area contributed by atoms with E-state index >= 15 is 0 Å². The number of sulfone groups is 3. The van der Waals surface area contributed by atoms with Gasteiger partial charge in [-0.05, 0) is 122 Å². The lowest BCUT2D eigenvalue weighted by Crippen LogP contribution is -2.46. The highest BCUT2D eigenvalue weighted by Crippen LogP contribution is 2.37. The van der Waals surface area contributed by atoms with Gasteiger partial charge in [0.1, 0.15) is 17.9 Å². The van der Waals surface area contributed by atoms with Crippen molar-refractivity contribution in [3.05, 3.63) is 114 Å². The lowest BCUT2D eigenvalue weighted by molar-refractivity contribution is -0.118. The van der Waals surface area contributed by atoms with Gasteiger partial charge in [-0.15, -0.1) is 0 Å². The van der Waals surface area contributed by atoms with Crippen molar-refractivity contribution in [2.45, 2.75) is 86.4 Å². The molecule has 3 aromatic carbocycles. The molecule has 450 valence electrons. The number of hydrogen-bond acceptors (Lipinski definition) is 19. The molecule has 0 unspecified atom stereocenters. The van der Waals surface area contributed by atoms with E-state index in [-0.39, 0.29) is 52.7 Å². The van der Waals surface area contributed by atoms with E-state index in [9.17, 15) is 39.2 Å². The van der Waals surface area contributed by atoms with Gasteiger partial charge in [0.25, 0.3) is 0 Å². The zero-order valence-corrected chi connectivity index (χ0v) is 50.1. The Morgan fingerprint density at radius 2 is 0.904 bits per heavy atom. The van der Waals surface area contributed by atoms with Crippen LogP contribution in [0.5, 0.6) is 0 Å². The van der Waals surface area contributed by atoms with Gasteiger partial charge in [0.15, 0.2) is 41.1 Å². The monoisotopic (exact) mass is 1200 g/mol. The number of rotatable bonds is 11. The Morgan fingerprint density at radius 1 is 0.518 bits per heavy atom. The molecule has 6 N–H and O–H groups in total. The van der Waals surface area contributed by atoms with Crippen LogP contribution in [0.2, 0.25) is 0 Å². The first-order chi connectivity index (χ1) is 39.9. The van der Waals surface area contributed by atoms with Crippen molar-refractivity contribution in [2.24, 2.45) is 0 Å². The van der Waals surface area contributed by atoms with Crippen LogP contribution in [0.3, 0.4) is 0 Å². The van der Waals surface area contributed by atoms with E-state index in [1.54, 1.807) is 57.3 Å². The second-order valence-corrected chi connectivity index (χ2v) is 27.8. The highest BCUT2D eigenvalue weighted by atomic mass is 32.2. The molecule has 7 aliphatic heterocycles. The number of benzene rings is 3. The van der Waals surface area contributed by atoms with Crippen LogP contribution in [-0.2, 0) is 52.3 Å². The summed E-state index contributed by atoms with van der Waals surface area (Å²) in [5, 5.41) is 24.7. The van der Waals surface area contributed by atoms with Crippen molar-refractivity contribution in [2.75, 3.05) is 139 Å². The Kier molecular flexibility index (Phi) is 21.9. The third-order valence-electron chi connectivity index (χ3n) is 15.5. The molecule has 7 aliphatic rings. The average molecular weight is 1200 g/mol. The number of anilines is 6. The van der Waals surface area contributed by atoms with Gasteiger partial charge in [-0.25, -0.2) is 39.6 Å². The standard InChI is InChI=1S/C23H29N5O3S.C12H18N2O2S.C11H13N3O2.C8H9FO2S.C4H10N2/c1-2-32(30,31)19-7-5-18(6-8-19)27-12-10-26(11-13-27)16-17-14-20-22(24-15-17)28-9-3-4-21(28)23(29)25-20;1-2-17(15,16)12-5-3-11(4-6-12)14-9-7-13-8-10-14;15-6-7-4-8-10(12-5-7)14-3-1-2-9(14)11(16)13-8;1-2-12(10,11)8-5-3-7(9)4-6-8;1-2-6-4-3-5-1/h5-8,14-15,21H,2-4,9-13,16H2,1H3,(H,25,29);3-6,13H,2,7-10H2,1H3;4-5,9,15H,1-3,6H2,(H,13,16);3-6H,2H2,1H3;5-6H,1-4H2/t21-;;9-;;/m0.0../s1.